The van der Waals surface area contributed by atoms with Crippen molar-refractivity contribution in [1.82, 2.24) is 9.97 Å². The van der Waals surface area contributed by atoms with Crippen LogP contribution in [0.1, 0.15) is 78.8 Å². The molecule has 0 amide bonds. The molecule has 2 aromatic heterocycles. The van der Waals surface area contributed by atoms with Gasteiger partial charge in [0.15, 0.2) is 0 Å². The SMILES string of the molecule is C=C(OCC)c1cc(Cl)cc(N2CCOCC2)n1.C=[C](OCC)[Sn]([CH2]CCC)([CH2]CCC)[CH2]CCC.Clc1cc(Cl)nc(N2CCOCC2)c1. The van der Waals surface area contributed by atoms with Crippen LogP contribution in [0, 0.1) is 0 Å². The second-order valence-corrected chi connectivity index (χ2v) is 26.9. The fourth-order valence-electron chi connectivity index (χ4n) is 5.90. The van der Waals surface area contributed by atoms with E-state index in [1.165, 1.54) is 55.6 Å². The van der Waals surface area contributed by atoms with E-state index in [0.29, 0.717) is 33.3 Å². The van der Waals surface area contributed by atoms with Crippen molar-refractivity contribution in [3.05, 3.63) is 62.1 Å². The number of aromatic nitrogens is 2. The van der Waals surface area contributed by atoms with Crippen LogP contribution in [0.4, 0.5) is 11.6 Å². The predicted molar refractivity (Wildman–Crippen MR) is 216 cm³/mol. The molecule has 0 atom stereocenters. The summed E-state index contributed by atoms with van der Waals surface area (Å²) < 4.78 is 27.5. The van der Waals surface area contributed by atoms with E-state index < -0.39 is 18.4 Å². The van der Waals surface area contributed by atoms with Gasteiger partial charge in [0.2, 0.25) is 0 Å². The predicted octanol–water partition coefficient (Wildman–Crippen LogP) is 10.7. The van der Waals surface area contributed by atoms with E-state index in [1.54, 1.807) is 12.1 Å². The topological polar surface area (TPSA) is 69.2 Å². The zero-order valence-electron chi connectivity index (χ0n) is 31.2. The maximum absolute atomic E-state index is 6.12. The van der Waals surface area contributed by atoms with Crippen molar-refractivity contribution in [2.75, 3.05) is 75.6 Å². The molecule has 12 heteroatoms. The van der Waals surface area contributed by atoms with Crippen LogP contribution < -0.4 is 9.80 Å². The molecule has 0 N–H and O–H groups in total. The Hall–Kier alpha value is -1.43. The van der Waals surface area contributed by atoms with Gasteiger partial charge < -0.3 is 24.0 Å². The Kier molecular flexibility index (Phi) is 22.8. The minimum absolute atomic E-state index is 0.430. The first-order valence-electron chi connectivity index (χ1n) is 18.4. The molecule has 0 spiro atoms. The maximum Gasteiger partial charge on any atom is 0.132 e. The first-order chi connectivity index (χ1) is 24.1. The molecule has 0 aliphatic carbocycles. The first-order valence-corrected chi connectivity index (χ1v) is 27.0. The second kappa shape index (κ2) is 25.5. The molecule has 0 aromatic carbocycles. The van der Waals surface area contributed by atoms with Crippen molar-refractivity contribution < 1.29 is 18.9 Å². The number of nitrogens with zero attached hydrogens (tertiary/aromatic N) is 4. The number of rotatable bonds is 17. The van der Waals surface area contributed by atoms with E-state index in [2.05, 4.69) is 60.6 Å². The van der Waals surface area contributed by atoms with Crippen LogP contribution in [0.2, 0.25) is 28.5 Å². The van der Waals surface area contributed by atoms with Gasteiger partial charge >= 0.3 is 120 Å². The van der Waals surface area contributed by atoms with Crippen LogP contribution in [-0.2, 0) is 18.9 Å². The summed E-state index contributed by atoms with van der Waals surface area (Å²) in [6.45, 7) is 26.7. The van der Waals surface area contributed by atoms with Crippen LogP contribution in [-0.4, -0.2) is 94.2 Å². The zero-order valence-corrected chi connectivity index (χ0v) is 36.3. The van der Waals surface area contributed by atoms with E-state index in [1.807, 2.05) is 19.1 Å². The number of halogens is 3. The molecule has 0 radical (unpaired) electrons. The van der Waals surface area contributed by atoms with Gasteiger partial charge in [0.25, 0.3) is 0 Å². The number of ether oxygens (including phenoxy) is 4. The quantitative estimate of drug-likeness (QED) is 0.0885. The average Bonchev–Trinajstić information content (AvgIpc) is 3.12. The van der Waals surface area contributed by atoms with Crippen LogP contribution in [0.25, 0.3) is 5.76 Å². The fraction of sp³-hybridized carbons (Fsp3) is 0.632. The van der Waals surface area contributed by atoms with E-state index >= 15 is 0 Å². The fourth-order valence-corrected chi connectivity index (χ4v) is 21.2. The summed E-state index contributed by atoms with van der Waals surface area (Å²) in [5.41, 5.74) is 0.686. The van der Waals surface area contributed by atoms with Gasteiger partial charge in [-0.1, -0.05) is 41.4 Å². The second-order valence-electron chi connectivity index (χ2n) is 12.5. The molecule has 50 heavy (non-hydrogen) atoms. The molecular formula is C38H61Cl3N4O4Sn. The normalized spacial score (nSPS) is 14.6. The van der Waals surface area contributed by atoms with Crippen LogP contribution in [0.5, 0.6) is 0 Å². The molecule has 0 bridgehead atoms. The van der Waals surface area contributed by atoms with Gasteiger partial charge in [0, 0.05) is 36.2 Å². The Morgan fingerprint density at radius 2 is 1.12 bits per heavy atom. The van der Waals surface area contributed by atoms with Crippen LogP contribution >= 0.6 is 34.8 Å². The van der Waals surface area contributed by atoms with Gasteiger partial charge in [0.05, 0.1) is 33.0 Å². The third-order valence-corrected chi connectivity index (χ3v) is 24.4. The van der Waals surface area contributed by atoms with Crippen LogP contribution in [0.3, 0.4) is 0 Å². The van der Waals surface area contributed by atoms with Crippen molar-refractivity contribution >= 4 is 70.6 Å². The molecule has 2 aliphatic rings. The Balaban J connectivity index is 0.000000262. The minimum Gasteiger partial charge on any atom is -0.378 e. The van der Waals surface area contributed by atoms with Gasteiger partial charge in [-0.25, -0.2) is 9.97 Å². The van der Waals surface area contributed by atoms with Crippen molar-refractivity contribution in [3.63, 3.8) is 0 Å². The average molecular weight is 863 g/mol. The van der Waals surface area contributed by atoms with E-state index in [0.717, 1.165) is 70.8 Å². The zero-order chi connectivity index (χ0) is 36.8. The van der Waals surface area contributed by atoms with E-state index in [4.69, 9.17) is 53.8 Å². The number of unbranched alkanes of at least 4 members (excludes halogenated alkanes) is 3. The number of anilines is 2. The third-order valence-electron chi connectivity index (χ3n) is 8.73. The Morgan fingerprint density at radius 1 is 0.680 bits per heavy atom. The number of hydrogen-bond acceptors (Lipinski definition) is 8. The van der Waals surface area contributed by atoms with Crippen molar-refractivity contribution in [3.8, 4) is 0 Å². The summed E-state index contributed by atoms with van der Waals surface area (Å²) in [6, 6.07) is 7.07. The molecule has 8 nitrogen and oxygen atoms in total. The molecule has 2 saturated heterocycles. The molecule has 2 aliphatic heterocycles. The molecule has 0 saturated carbocycles. The summed E-state index contributed by atoms with van der Waals surface area (Å²) in [7, 11) is 0. The summed E-state index contributed by atoms with van der Waals surface area (Å²) in [5.74, 6) is 2.22. The van der Waals surface area contributed by atoms with Crippen molar-refractivity contribution in [2.24, 2.45) is 0 Å². The van der Waals surface area contributed by atoms with Crippen molar-refractivity contribution in [2.45, 2.75) is 86.5 Å². The molecule has 0 unspecified atom stereocenters. The summed E-state index contributed by atoms with van der Waals surface area (Å²) in [4.78, 5) is 13.0. The number of pyridine rings is 2. The number of hydrogen-bond donors (Lipinski definition) is 0. The Bertz CT molecular complexity index is 1230. The number of morpholine rings is 2. The smallest absolute Gasteiger partial charge is 0.132 e. The molecule has 2 aromatic rings. The summed E-state index contributed by atoms with van der Waals surface area (Å²) in [6.07, 6.45) is 8.10. The van der Waals surface area contributed by atoms with E-state index in [9.17, 15) is 0 Å². The first kappa shape index (κ1) is 44.7. The van der Waals surface area contributed by atoms with Gasteiger partial charge in [-0.2, -0.15) is 0 Å². The van der Waals surface area contributed by atoms with Gasteiger partial charge in [-0.3, -0.25) is 0 Å². The Morgan fingerprint density at radius 3 is 1.54 bits per heavy atom. The summed E-state index contributed by atoms with van der Waals surface area (Å²) in [5, 5.41) is 1.69. The van der Waals surface area contributed by atoms with Crippen LogP contribution in [0.15, 0.2) is 41.2 Å². The minimum atomic E-state index is -2.24. The third kappa shape index (κ3) is 16.1. The molecule has 2 fully saturated rings. The van der Waals surface area contributed by atoms with Gasteiger partial charge in [-0.05, 0) is 31.2 Å². The largest absolute Gasteiger partial charge is 0.378 e. The molecule has 4 heterocycles. The van der Waals surface area contributed by atoms with E-state index in [-0.39, 0.29) is 0 Å². The van der Waals surface area contributed by atoms with Gasteiger partial charge in [0.1, 0.15) is 28.2 Å². The van der Waals surface area contributed by atoms with Crippen molar-refractivity contribution in [1.29, 1.82) is 0 Å². The molecule has 4 rings (SSSR count). The standard InChI is InChI=1S/C13H17ClN2O2.C9H10Cl2N2O.C4H7O.3C4H9.Sn/c1-3-18-10(2)12-8-11(14)9-13(15-12)16-4-6-17-7-5-16;10-7-5-8(11)12-9(6-7)13-1-3-14-4-2-13;1-3-5-4-2;3*1-3-4-2;/h8-9H,2-7H2,1H3;5-6H,1-4H2;1,4H2,2H3;3*1,3-4H2,2H3;. The van der Waals surface area contributed by atoms with Gasteiger partial charge in [-0.15, -0.1) is 0 Å². The Labute approximate surface area is 321 Å². The monoisotopic (exact) mass is 862 g/mol. The molecular weight excluding hydrogens is 802 g/mol. The summed E-state index contributed by atoms with van der Waals surface area (Å²) >= 11 is 15.6. The molecule has 282 valence electrons. The maximum atomic E-state index is 6.12.